The molecular weight excluding hydrogens is 508 g/mol. The Morgan fingerprint density at radius 2 is 1.90 bits per heavy atom. The molecule has 1 amide bonds. The number of nitrogens with zero attached hydrogens (tertiary/aromatic N) is 1. The molecule has 0 bridgehead atoms. The van der Waals surface area contributed by atoms with Crippen LogP contribution in [-0.2, 0) is 4.79 Å². The summed E-state index contributed by atoms with van der Waals surface area (Å²) < 4.78 is 5.04. The first kappa shape index (κ1) is 29.3. The van der Waals surface area contributed by atoms with Gasteiger partial charge in [0.1, 0.15) is 17.1 Å². The lowest BCUT2D eigenvalue weighted by molar-refractivity contribution is -0.174. The molecule has 0 unspecified atom stereocenters. The van der Waals surface area contributed by atoms with Crippen molar-refractivity contribution < 1.29 is 24.5 Å². The molecule has 8 nitrogen and oxygen atoms in total. The highest BCUT2D eigenvalue weighted by Gasteiger charge is 2.63. The van der Waals surface area contributed by atoms with Crippen molar-refractivity contribution in [3.8, 4) is 5.75 Å². The first-order valence-electron chi connectivity index (χ1n) is 15.4. The number of aryl methyl sites for hydroxylation is 1. The fraction of sp³-hybridized carbons (Fsp3) is 0.781. The Bertz CT molecular complexity index is 1210. The van der Waals surface area contributed by atoms with Gasteiger partial charge in [-0.3, -0.25) is 4.79 Å². The summed E-state index contributed by atoms with van der Waals surface area (Å²) in [6.45, 7) is 10.1. The van der Waals surface area contributed by atoms with Crippen molar-refractivity contribution in [2.24, 2.45) is 51.4 Å². The van der Waals surface area contributed by atoms with Crippen LogP contribution >= 0.6 is 0 Å². The number of fused-ring (bicyclic) bond motifs is 5. The van der Waals surface area contributed by atoms with Crippen LogP contribution in [0.15, 0.2) is 20.4 Å². The molecule has 0 aliphatic heterocycles. The van der Waals surface area contributed by atoms with Gasteiger partial charge in [0.2, 0.25) is 5.91 Å². The summed E-state index contributed by atoms with van der Waals surface area (Å²) in [7, 11) is 0. The van der Waals surface area contributed by atoms with E-state index in [-0.39, 0.29) is 51.9 Å². The highest BCUT2D eigenvalue weighted by molar-refractivity contribution is 6.01. The van der Waals surface area contributed by atoms with E-state index in [2.05, 4.69) is 31.3 Å². The van der Waals surface area contributed by atoms with E-state index in [0.29, 0.717) is 48.2 Å². The van der Waals surface area contributed by atoms with Crippen LogP contribution in [0.3, 0.4) is 0 Å². The van der Waals surface area contributed by atoms with Gasteiger partial charge in [-0.05, 0) is 118 Å². The summed E-state index contributed by atoms with van der Waals surface area (Å²) in [6, 6.07) is 1.35. The zero-order valence-corrected chi connectivity index (χ0v) is 24.8. The molecule has 10 atom stereocenters. The number of aliphatic hydroxyl groups excluding tert-OH is 2. The van der Waals surface area contributed by atoms with E-state index < -0.39 is 5.63 Å². The van der Waals surface area contributed by atoms with Gasteiger partial charge in [-0.25, -0.2) is 10.2 Å². The van der Waals surface area contributed by atoms with Crippen molar-refractivity contribution >= 4 is 11.6 Å². The van der Waals surface area contributed by atoms with E-state index in [1.165, 1.54) is 18.9 Å². The zero-order valence-electron chi connectivity index (χ0n) is 24.8. The van der Waals surface area contributed by atoms with Crippen LogP contribution in [0.1, 0.15) is 103 Å². The molecule has 0 saturated heterocycles. The van der Waals surface area contributed by atoms with Gasteiger partial charge in [-0.15, -0.1) is 0 Å². The molecule has 1 heterocycles. The lowest BCUT2D eigenvalue weighted by Gasteiger charge is -2.62. The Labute approximate surface area is 237 Å². The van der Waals surface area contributed by atoms with Crippen molar-refractivity contribution in [2.45, 2.75) is 111 Å². The third-order valence-electron chi connectivity index (χ3n) is 12.1. The van der Waals surface area contributed by atoms with Crippen molar-refractivity contribution in [1.82, 2.24) is 5.43 Å². The molecule has 4 N–H and O–H groups in total. The minimum atomic E-state index is -0.692. The Morgan fingerprint density at radius 1 is 1.15 bits per heavy atom. The van der Waals surface area contributed by atoms with Crippen LogP contribution in [0.25, 0.3) is 0 Å². The largest absolute Gasteiger partial charge is 0.507 e. The van der Waals surface area contributed by atoms with E-state index in [9.17, 15) is 24.9 Å². The number of hydrogen-bond acceptors (Lipinski definition) is 7. The van der Waals surface area contributed by atoms with Crippen LogP contribution in [-0.4, -0.2) is 39.1 Å². The van der Waals surface area contributed by atoms with Crippen LogP contribution in [0.4, 0.5) is 0 Å². The third kappa shape index (κ3) is 4.93. The minimum Gasteiger partial charge on any atom is -0.507 e. The minimum absolute atomic E-state index is 0.0546. The quantitative estimate of drug-likeness (QED) is 0.291. The number of carbonyl (C=O) groups excluding carboxylic acids is 1. The van der Waals surface area contributed by atoms with Gasteiger partial charge in [0, 0.05) is 12.5 Å². The molecule has 0 radical (unpaired) electrons. The zero-order chi connectivity index (χ0) is 29.0. The summed E-state index contributed by atoms with van der Waals surface area (Å²) in [5, 5.41) is 36.2. The Hall–Kier alpha value is -2.19. The predicted octanol–water partition coefficient (Wildman–Crippen LogP) is 4.90. The van der Waals surface area contributed by atoms with Gasteiger partial charge in [0.25, 0.3) is 0 Å². The smallest absolute Gasteiger partial charge is 0.348 e. The maximum atomic E-state index is 12.7. The maximum Gasteiger partial charge on any atom is 0.348 e. The van der Waals surface area contributed by atoms with Crippen molar-refractivity contribution in [3.63, 3.8) is 0 Å². The van der Waals surface area contributed by atoms with Crippen molar-refractivity contribution in [3.05, 3.63) is 27.8 Å². The average Bonchev–Trinajstić information content (AvgIpc) is 3.25. The summed E-state index contributed by atoms with van der Waals surface area (Å²) in [5.41, 5.74) is 2.06. The fourth-order valence-electron chi connectivity index (χ4n) is 9.91. The van der Waals surface area contributed by atoms with E-state index in [4.69, 9.17) is 4.42 Å². The lowest BCUT2D eigenvalue weighted by atomic mass is 9.43. The second-order valence-corrected chi connectivity index (χ2v) is 14.0. The van der Waals surface area contributed by atoms with Gasteiger partial charge in [0.05, 0.1) is 17.9 Å². The van der Waals surface area contributed by atoms with E-state index in [1.54, 1.807) is 13.8 Å². The molecule has 4 aliphatic carbocycles. The molecule has 1 aromatic heterocycles. The summed E-state index contributed by atoms with van der Waals surface area (Å²) >= 11 is 0. The molecule has 8 heteroatoms. The normalized spacial score (nSPS) is 40.1. The number of aliphatic hydroxyl groups is 2. The van der Waals surface area contributed by atoms with Gasteiger partial charge in [-0.2, -0.15) is 5.10 Å². The Morgan fingerprint density at radius 3 is 2.62 bits per heavy atom. The second kappa shape index (κ2) is 10.9. The Kier molecular flexibility index (Phi) is 7.99. The van der Waals surface area contributed by atoms with Gasteiger partial charge in [0.15, 0.2) is 0 Å². The van der Waals surface area contributed by atoms with Gasteiger partial charge < -0.3 is 19.7 Å². The molecule has 1 aromatic rings. The first-order chi connectivity index (χ1) is 18.9. The van der Waals surface area contributed by atoms with Gasteiger partial charge in [-0.1, -0.05) is 20.8 Å². The van der Waals surface area contributed by atoms with Crippen LogP contribution < -0.4 is 11.1 Å². The molecule has 0 aromatic carbocycles. The SMILES string of the molecule is CC(=NNC(=O)CC[C@@H](C)[C@H]1CC[C@H]2[C@@H]3CC[C@@H]4C[C@H](O)CC[C@]4(C)[C@H]3C[C@H](O)[C@]12C)c1c(O)cc(C)oc1=O. The van der Waals surface area contributed by atoms with Crippen molar-refractivity contribution in [2.75, 3.05) is 0 Å². The average molecular weight is 557 g/mol. The molecular formula is C32H48N2O6. The van der Waals surface area contributed by atoms with Crippen LogP contribution in [0.2, 0.25) is 0 Å². The van der Waals surface area contributed by atoms with E-state index >= 15 is 0 Å². The number of carbonyl (C=O) groups is 1. The molecule has 4 saturated carbocycles. The number of rotatable bonds is 6. The fourth-order valence-corrected chi connectivity index (χ4v) is 9.91. The van der Waals surface area contributed by atoms with Gasteiger partial charge >= 0.3 is 5.63 Å². The summed E-state index contributed by atoms with van der Waals surface area (Å²) in [5.74, 6) is 2.72. The predicted molar refractivity (Wildman–Crippen MR) is 153 cm³/mol. The third-order valence-corrected chi connectivity index (χ3v) is 12.1. The number of hydrazone groups is 1. The molecule has 0 spiro atoms. The molecule has 4 aliphatic rings. The summed E-state index contributed by atoms with van der Waals surface area (Å²) in [6.07, 6.45) is 8.87. The van der Waals surface area contributed by atoms with E-state index in [1.807, 2.05) is 0 Å². The molecule has 222 valence electrons. The highest BCUT2D eigenvalue weighted by atomic mass is 16.4. The molecule has 5 rings (SSSR count). The lowest BCUT2D eigenvalue weighted by Crippen LogP contribution is -2.58. The number of hydrogen-bond donors (Lipinski definition) is 4. The summed E-state index contributed by atoms with van der Waals surface area (Å²) in [4.78, 5) is 24.8. The second-order valence-electron chi connectivity index (χ2n) is 14.0. The van der Waals surface area contributed by atoms with E-state index in [0.717, 1.165) is 38.5 Å². The maximum absolute atomic E-state index is 12.7. The van der Waals surface area contributed by atoms with Crippen LogP contribution in [0.5, 0.6) is 5.75 Å². The highest BCUT2D eigenvalue weighted by Crippen LogP contribution is 2.68. The number of nitrogens with one attached hydrogen (secondary N) is 1. The number of amides is 1. The number of aromatic hydroxyl groups is 1. The van der Waals surface area contributed by atoms with Crippen LogP contribution in [0, 0.1) is 53.3 Å². The van der Waals surface area contributed by atoms with Crippen molar-refractivity contribution in [1.29, 1.82) is 0 Å². The Balaban J connectivity index is 1.22. The topological polar surface area (TPSA) is 132 Å². The molecule has 4 fully saturated rings. The standard InChI is InChI=1S/C32H48N2O6/c1-17(6-11-28(38)34-33-19(3)29-26(36)14-18(2)40-30(29)39)23-9-10-24-22-8-7-20-15-21(35)12-13-31(20,4)25(22)16-27(37)32(23,24)5/h14,17,20-25,27,35-37H,6-13,15-16H2,1-5H3,(H,34,38)/t17-,20-,21-,22+,23-,24+,25+,27+,31+,32-/m1/s1. The molecule has 40 heavy (non-hydrogen) atoms. The monoisotopic (exact) mass is 556 g/mol. The first-order valence-corrected chi connectivity index (χ1v) is 15.4.